The Morgan fingerprint density at radius 3 is 2.70 bits per heavy atom. The molecule has 1 amide bonds. The van der Waals surface area contributed by atoms with Crippen molar-refractivity contribution in [2.75, 3.05) is 5.32 Å². The molecule has 10 heteroatoms. The molecule has 0 radical (unpaired) electrons. The van der Waals surface area contributed by atoms with Crippen LogP contribution in [0.2, 0.25) is 5.02 Å². The van der Waals surface area contributed by atoms with Crippen molar-refractivity contribution in [2.24, 2.45) is 5.92 Å². The average Bonchev–Trinajstić information content (AvgIpc) is 3.01. The van der Waals surface area contributed by atoms with Gasteiger partial charge in [-0.25, -0.2) is 4.98 Å². The Hall–Kier alpha value is -2.26. The van der Waals surface area contributed by atoms with Crippen molar-refractivity contribution >= 4 is 39.8 Å². The van der Waals surface area contributed by atoms with Crippen molar-refractivity contribution in [3.05, 3.63) is 34.3 Å². The van der Waals surface area contributed by atoms with Crippen molar-refractivity contribution in [1.82, 2.24) is 4.98 Å². The van der Waals surface area contributed by atoms with Gasteiger partial charge in [0.25, 0.3) is 0 Å². The number of alkyl halides is 2. The van der Waals surface area contributed by atoms with E-state index in [0.717, 1.165) is 0 Å². The third kappa shape index (κ3) is 4.92. The molecular weight excluding hydrogens is 402 g/mol. The quantitative estimate of drug-likeness (QED) is 0.677. The fourth-order valence-corrected chi connectivity index (χ4v) is 3.44. The molecule has 6 nitrogen and oxygen atoms in total. The van der Waals surface area contributed by atoms with Gasteiger partial charge >= 0.3 is 6.61 Å². The highest BCUT2D eigenvalue weighted by atomic mass is 35.5. The van der Waals surface area contributed by atoms with Gasteiger partial charge in [-0.1, -0.05) is 11.6 Å². The predicted octanol–water partition coefficient (Wildman–Crippen LogP) is 4.40. The molecule has 0 atom stereocenters. The number of halogens is 3. The lowest BCUT2D eigenvalue weighted by atomic mass is 9.81. The smallest absolute Gasteiger partial charge is 0.387 e. The maximum absolute atomic E-state index is 12.5. The van der Waals surface area contributed by atoms with Crippen molar-refractivity contribution in [3.63, 3.8) is 0 Å². The Balaban J connectivity index is 1.54. The Labute approximate surface area is 162 Å². The van der Waals surface area contributed by atoms with E-state index in [1.165, 1.54) is 36.5 Å². The molecule has 1 aliphatic carbocycles. The number of ketones is 1. The number of thiazole rings is 1. The second-order valence-corrected chi connectivity index (χ2v) is 7.26. The number of nitrogens with one attached hydrogen (secondary N) is 1. The standard InChI is InChI=1S/C17H15ClF2N2O4S/c1-8(23)12-7-27-17(21-12)22-15(24)9-4-11(5-9)25-14-6-10(18)2-3-13(14)26-16(19)20/h2-3,6-7,9,11,16H,4-5H2,1H3,(H,21,22,24)/t9-,11-. The summed E-state index contributed by atoms with van der Waals surface area (Å²) in [6, 6.07) is 4.12. The molecule has 27 heavy (non-hydrogen) atoms. The molecule has 0 spiro atoms. The van der Waals surface area contributed by atoms with E-state index >= 15 is 0 Å². The monoisotopic (exact) mass is 416 g/mol. The minimum atomic E-state index is -2.98. The third-order valence-electron chi connectivity index (χ3n) is 3.98. The normalized spacial score (nSPS) is 18.7. The fraction of sp³-hybridized carbons (Fsp3) is 0.353. The molecule has 1 aromatic heterocycles. The first-order valence-corrected chi connectivity index (χ1v) is 9.26. The van der Waals surface area contributed by atoms with Crippen LogP contribution in [-0.4, -0.2) is 29.4 Å². The molecule has 0 saturated heterocycles. The molecule has 0 aliphatic heterocycles. The van der Waals surface area contributed by atoms with Crippen LogP contribution in [-0.2, 0) is 4.79 Å². The summed E-state index contributed by atoms with van der Waals surface area (Å²) in [6.45, 7) is -1.58. The van der Waals surface area contributed by atoms with Gasteiger partial charge in [-0.3, -0.25) is 9.59 Å². The van der Waals surface area contributed by atoms with E-state index in [4.69, 9.17) is 16.3 Å². The van der Waals surface area contributed by atoms with Crippen molar-refractivity contribution < 1.29 is 27.8 Å². The van der Waals surface area contributed by atoms with Crippen LogP contribution in [0.15, 0.2) is 23.6 Å². The summed E-state index contributed by atoms with van der Waals surface area (Å²) in [6.07, 6.45) is 0.512. The fourth-order valence-electron chi connectivity index (χ4n) is 2.52. The summed E-state index contributed by atoms with van der Waals surface area (Å²) in [7, 11) is 0. The van der Waals surface area contributed by atoms with Crippen molar-refractivity contribution in [3.8, 4) is 11.5 Å². The van der Waals surface area contributed by atoms with E-state index in [-0.39, 0.29) is 35.2 Å². The summed E-state index contributed by atoms with van der Waals surface area (Å²) in [5.41, 5.74) is 0.303. The lowest BCUT2D eigenvalue weighted by Crippen LogP contribution is -2.40. The van der Waals surface area contributed by atoms with Gasteiger partial charge in [0.15, 0.2) is 22.4 Å². The molecule has 3 rings (SSSR count). The highest BCUT2D eigenvalue weighted by molar-refractivity contribution is 7.14. The first kappa shape index (κ1) is 19.5. The lowest BCUT2D eigenvalue weighted by Gasteiger charge is -2.34. The Morgan fingerprint density at radius 1 is 1.33 bits per heavy atom. The third-order valence-corrected chi connectivity index (χ3v) is 4.97. The van der Waals surface area contributed by atoms with E-state index < -0.39 is 6.61 Å². The van der Waals surface area contributed by atoms with Crippen LogP contribution >= 0.6 is 22.9 Å². The summed E-state index contributed by atoms with van der Waals surface area (Å²) in [4.78, 5) is 27.5. The number of hydrogen-bond donors (Lipinski definition) is 1. The van der Waals surface area contributed by atoms with Crippen LogP contribution in [0, 0.1) is 5.92 Å². The zero-order chi connectivity index (χ0) is 19.6. The van der Waals surface area contributed by atoms with Gasteiger partial charge in [0.1, 0.15) is 11.8 Å². The highest BCUT2D eigenvalue weighted by Crippen LogP contribution is 2.38. The SMILES string of the molecule is CC(=O)c1csc(NC(=O)[C@H]2C[C@H](Oc3cc(Cl)ccc3OC(F)F)C2)n1. The molecule has 1 fully saturated rings. The summed E-state index contributed by atoms with van der Waals surface area (Å²) in [5.74, 6) is -0.695. The van der Waals surface area contributed by atoms with Gasteiger partial charge in [0, 0.05) is 29.3 Å². The number of nitrogens with zero attached hydrogens (tertiary/aromatic N) is 1. The van der Waals surface area contributed by atoms with Gasteiger partial charge < -0.3 is 14.8 Å². The maximum Gasteiger partial charge on any atom is 0.387 e. The summed E-state index contributed by atoms with van der Waals surface area (Å²) < 4.78 is 35.0. The number of Topliss-reactive ketones (excluding diaryl/α,β-unsaturated/α-hetero) is 1. The van der Waals surface area contributed by atoms with E-state index in [1.807, 2.05) is 0 Å². The van der Waals surface area contributed by atoms with E-state index in [0.29, 0.717) is 28.7 Å². The van der Waals surface area contributed by atoms with Crippen LogP contribution in [0.3, 0.4) is 0 Å². The Bertz CT molecular complexity index is 855. The van der Waals surface area contributed by atoms with E-state index in [2.05, 4.69) is 15.0 Å². The van der Waals surface area contributed by atoms with E-state index in [1.54, 1.807) is 5.38 Å². The Kier molecular flexibility index (Phi) is 5.91. The van der Waals surface area contributed by atoms with Crippen LogP contribution in [0.1, 0.15) is 30.3 Å². The number of carbonyl (C=O) groups excluding carboxylic acids is 2. The predicted molar refractivity (Wildman–Crippen MR) is 96.0 cm³/mol. The van der Waals surface area contributed by atoms with Crippen molar-refractivity contribution in [1.29, 1.82) is 0 Å². The highest BCUT2D eigenvalue weighted by Gasteiger charge is 2.37. The van der Waals surface area contributed by atoms with Crippen LogP contribution < -0.4 is 14.8 Å². The topological polar surface area (TPSA) is 77.5 Å². The number of rotatable bonds is 7. The van der Waals surface area contributed by atoms with Gasteiger partial charge in [0.2, 0.25) is 5.91 Å². The van der Waals surface area contributed by atoms with Crippen LogP contribution in [0.4, 0.5) is 13.9 Å². The minimum absolute atomic E-state index is 0.109. The average molecular weight is 417 g/mol. The zero-order valence-electron chi connectivity index (χ0n) is 14.1. The number of carbonyl (C=O) groups is 2. The minimum Gasteiger partial charge on any atom is -0.486 e. The van der Waals surface area contributed by atoms with Gasteiger partial charge in [-0.15, -0.1) is 11.3 Å². The number of benzene rings is 1. The maximum atomic E-state index is 12.5. The number of ether oxygens (including phenoxy) is 2. The summed E-state index contributed by atoms with van der Waals surface area (Å²) >= 11 is 7.05. The molecule has 144 valence electrons. The first-order valence-electron chi connectivity index (χ1n) is 8.00. The van der Waals surface area contributed by atoms with E-state index in [9.17, 15) is 18.4 Å². The number of anilines is 1. The molecule has 0 bridgehead atoms. The van der Waals surface area contributed by atoms with Gasteiger partial charge in [0.05, 0.1) is 0 Å². The number of amides is 1. The first-order chi connectivity index (χ1) is 12.8. The molecule has 1 heterocycles. The second-order valence-electron chi connectivity index (χ2n) is 5.96. The molecule has 1 aromatic carbocycles. The van der Waals surface area contributed by atoms with Crippen LogP contribution in [0.5, 0.6) is 11.5 Å². The molecule has 0 unspecified atom stereocenters. The molecule has 1 saturated carbocycles. The van der Waals surface area contributed by atoms with Crippen molar-refractivity contribution in [2.45, 2.75) is 32.5 Å². The number of aromatic nitrogens is 1. The molecule has 1 aliphatic rings. The lowest BCUT2D eigenvalue weighted by molar-refractivity contribution is -0.125. The Morgan fingerprint density at radius 2 is 2.07 bits per heavy atom. The second kappa shape index (κ2) is 8.18. The van der Waals surface area contributed by atoms with Gasteiger partial charge in [-0.2, -0.15) is 8.78 Å². The van der Waals surface area contributed by atoms with Gasteiger partial charge in [-0.05, 0) is 25.0 Å². The molecular formula is C17H15ClF2N2O4S. The summed E-state index contributed by atoms with van der Waals surface area (Å²) in [5, 5.41) is 4.93. The zero-order valence-corrected chi connectivity index (χ0v) is 15.7. The number of hydrogen-bond acceptors (Lipinski definition) is 6. The largest absolute Gasteiger partial charge is 0.486 e. The molecule has 2 aromatic rings. The molecule has 1 N–H and O–H groups in total. The van der Waals surface area contributed by atoms with Crippen LogP contribution in [0.25, 0.3) is 0 Å².